The Kier molecular flexibility index (Phi) is 58.5. The third-order valence-electron chi connectivity index (χ3n) is 16.8. The maximum Gasteiger partial charge on any atom is 0.472 e. The van der Waals surface area contributed by atoms with Crippen molar-refractivity contribution >= 4 is 39.5 Å². The Hall–Kier alpha value is -1.94. The van der Waals surface area contributed by atoms with Crippen molar-refractivity contribution in [3.05, 3.63) is 0 Å². The molecule has 0 aliphatic heterocycles. The first-order valence-corrected chi connectivity index (χ1v) is 39.3. The van der Waals surface area contributed by atoms with Gasteiger partial charge in [0.2, 0.25) is 0 Å². The molecule has 0 amide bonds. The van der Waals surface area contributed by atoms with Gasteiger partial charge in [0, 0.05) is 25.7 Å². The summed E-state index contributed by atoms with van der Waals surface area (Å²) in [7, 11) is -9.90. The summed E-state index contributed by atoms with van der Waals surface area (Å²) >= 11 is 0. The van der Waals surface area contributed by atoms with Crippen LogP contribution in [0.25, 0.3) is 0 Å². The van der Waals surface area contributed by atoms with Crippen molar-refractivity contribution in [2.75, 3.05) is 39.6 Å². The summed E-state index contributed by atoms with van der Waals surface area (Å²) in [5, 5.41) is 10.6. The van der Waals surface area contributed by atoms with Gasteiger partial charge in [-0.15, -0.1) is 0 Å². The van der Waals surface area contributed by atoms with E-state index in [1.165, 1.54) is 141 Å². The normalized spacial score (nSPS) is 14.9. The predicted octanol–water partition coefficient (Wildman–Crippen LogP) is 19.7. The van der Waals surface area contributed by atoms with Crippen molar-refractivity contribution in [3.8, 4) is 0 Å². The Morgan fingerprint density at radius 3 is 0.798 bits per heavy atom. The van der Waals surface area contributed by atoms with Gasteiger partial charge in [-0.05, 0) is 49.4 Å². The average Bonchev–Trinajstić information content (AvgIpc) is 3.69. The SMILES string of the molecule is CCC(C)CCCCCCCCCCCCC(=O)OC[C@H](COP(=O)(O)OC[C@@H](O)COP(=O)(O)OC[C@@H](COC(=O)CCCCCCCCC(C)CC)OC(=O)CCCCCCCCC(C)C)OC(=O)CCCCCCCCCCCCCCCC(C)C. The highest BCUT2D eigenvalue weighted by molar-refractivity contribution is 7.47. The number of aliphatic hydroxyl groups excluding tert-OH is 1. The van der Waals surface area contributed by atoms with Crippen LogP contribution in [0.3, 0.4) is 0 Å². The van der Waals surface area contributed by atoms with Gasteiger partial charge in [-0.1, -0.05) is 293 Å². The van der Waals surface area contributed by atoms with Crippen LogP contribution in [0.2, 0.25) is 0 Å². The Morgan fingerprint density at radius 1 is 0.315 bits per heavy atom. The zero-order valence-electron chi connectivity index (χ0n) is 58.1. The largest absolute Gasteiger partial charge is 0.472 e. The number of hydrogen-bond acceptors (Lipinski definition) is 15. The van der Waals surface area contributed by atoms with Crippen molar-refractivity contribution in [3.63, 3.8) is 0 Å². The summed E-state index contributed by atoms with van der Waals surface area (Å²) in [6, 6.07) is 0. The number of carbonyl (C=O) groups excluding carboxylic acids is 4. The van der Waals surface area contributed by atoms with Crippen molar-refractivity contribution in [1.29, 1.82) is 0 Å². The van der Waals surface area contributed by atoms with Gasteiger partial charge in [-0.3, -0.25) is 37.3 Å². The molecule has 89 heavy (non-hydrogen) atoms. The molecule has 528 valence electrons. The van der Waals surface area contributed by atoms with Crippen LogP contribution < -0.4 is 0 Å². The van der Waals surface area contributed by atoms with Crippen molar-refractivity contribution in [2.24, 2.45) is 23.7 Å². The molecule has 0 aromatic rings. The first kappa shape index (κ1) is 87.1. The van der Waals surface area contributed by atoms with E-state index in [2.05, 4.69) is 55.4 Å². The first-order chi connectivity index (χ1) is 42.7. The number of unbranched alkanes of at least 4 members (excludes halogenated alkanes) is 31. The molecule has 4 unspecified atom stereocenters. The van der Waals surface area contributed by atoms with Gasteiger partial charge in [-0.25, -0.2) is 9.13 Å². The summed E-state index contributed by atoms with van der Waals surface area (Å²) in [6.07, 6.45) is 41.8. The zero-order valence-corrected chi connectivity index (χ0v) is 59.8. The minimum atomic E-state index is -4.95. The smallest absolute Gasteiger partial charge is 0.462 e. The standard InChI is InChI=1S/C70H136O17P2/c1-9-62(7)48-40-32-23-19-16-17-20-24-34-42-50-67(72)80-56-65(86-69(74)52-44-36-25-21-15-13-11-12-14-18-22-30-38-46-60(3)4)58-84-88(76,77)82-54-64(71)55-83-89(78,79)85-59-66(87-70(75)53-45-37-28-26-31-39-47-61(5)6)57-81-68(73)51-43-35-29-27-33-41-49-63(8)10-2/h60-66,71H,9-59H2,1-8H3,(H,76,77)(H,78,79)/t62?,63?,64-,65-,66-/m1/s1. The van der Waals surface area contributed by atoms with Gasteiger partial charge in [0.1, 0.15) is 19.3 Å². The second kappa shape index (κ2) is 59.8. The number of phosphoric acid groups is 2. The maximum atomic E-state index is 13.0. The molecule has 0 saturated carbocycles. The van der Waals surface area contributed by atoms with Crippen molar-refractivity contribution in [1.82, 2.24) is 0 Å². The molecule has 0 heterocycles. The fraction of sp³-hybridized carbons (Fsp3) is 0.943. The number of carbonyl (C=O) groups is 4. The molecule has 19 heteroatoms. The van der Waals surface area contributed by atoms with E-state index >= 15 is 0 Å². The maximum absolute atomic E-state index is 13.0. The van der Waals surface area contributed by atoms with Crippen LogP contribution in [-0.4, -0.2) is 96.7 Å². The second-order valence-electron chi connectivity index (χ2n) is 26.7. The highest BCUT2D eigenvalue weighted by Crippen LogP contribution is 2.45. The molecule has 0 saturated heterocycles. The Bertz CT molecular complexity index is 1770. The topological polar surface area (TPSA) is 237 Å². The second-order valence-corrected chi connectivity index (χ2v) is 29.6. The molecular weight excluding hydrogens is 1170 g/mol. The number of rotatable bonds is 67. The lowest BCUT2D eigenvalue weighted by Crippen LogP contribution is -2.30. The van der Waals surface area contributed by atoms with Crippen LogP contribution in [-0.2, 0) is 65.4 Å². The van der Waals surface area contributed by atoms with Crippen molar-refractivity contribution < 1.29 is 80.2 Å². The molecular formula is C70H136O17P2. The van der Waals surface area contributed by atoms with Gasteiger partial charge < -0.3 is 33.8 Å². The van der Waals surface area contributed by atoms with Gasteiger partial charge in [0.05, 0.1) is 26.4 Å². The van der Waals surface area contributed by atoms with E-state index in [1.54, 1.807) is 0 Å². The zero-order chi connectivity index (χ0) is 66.1. The van der Waals surface area contributed by atoms with E-state index in [0.29, 0.717) is 31.6 Å². The Labute approximate surface area is 543 Å². The van der Waals surface area contributed by atoms with Crippen LogP contribution in [0, 0.1) is 23.7 Å². The Morgan fingerprint density at radius 2 is 0.539 bits per heavy atom. The fourth-order valence-corrected chi connectivity index (χ4v) is 12.0. The number of esters is 4. The molecule has 0 aromatic heterocycles. The molecule has 17 nitrogen and oxygen atoms in total. The summed E-state index contributed by atoms with van der Waals surface area (Å²) < 4.78 is 68.2. The highest BCUT2D eigenvalue weighted by atomic mass is 31.2. The van der Waals surface area contributed by atoms with E-state index in [4.69, 9.17) is 37.0 Å². The third kappa shape index (κ3) is 62.0. The van der Waals surface area contributed by atoms with E-state index in [0.717, 1.165) is 114 Å². The lowest BCUT2D eigenvalue weighted by Gasteiger charge is -2.21. The third-order valence-corrected chi connectivity index (χ3v) is 18.7. The number of hydrogen-bond donors (Lipinski definition) is 3. The van der Waals surface area contributed by atoms with Crippen LogP contribution in [0.1, 0.15) is 344 Å². The quantitative estimate of drug-likeness (QED) is 0.0222. The van der Waals surface area contributed by atoms with Gasteiger partial charge >= 0.3 is 39.5 Å². The van der Waals surface area contributed by atoms with E-state index in [9.17, 15) is 43.2 Å². The summed E-state index contributed by atoms with van der Waals surface area (Å²) in [5.74, 6) is 0.862. The van der Waals surface area contributed by atoms with Crippen LogP contribution in [0.4, 0.5) is 0 Å². The molecule has 0 fully saturated rings. The lowest BCUT2D eigenvalue weighted by molar-refractivity contribution is -0.161. The van der Waals surface area contributed by atoms with Crippen LogP contribution in [0.15, 0.2) is 0 Å². The fourth-order valence-electron chi connectivity index (χ4n) is 10.4. The molecule has 3 N–H and O–H groups in total. The molecule has 0 radical (unpaired) electrons. The molecule has 0 rings (SSSR count). The van der Waals surface area contributed by atoms with Crippen LogP contribution >= 0.6 is 15.6 Å². The molecule has 0 aromatic carbocycles. The number of ether oxygens (including phenoxy) is 4. The molecule has 0 aliphatic rings. The molecule has 0 aliphatic carbocycles. The highest BCUT2D eigenvalue weighted by Gasteiger charge is 2.30. The van der Waals surface area contributed by atoms with Crippen molar-refractivity contribution in [2.45, 2.75) is 363 Å². The Balaban J connectivity index is 5.24. The predicted molar refractivity (Wildman–Crippen MR) is 358 cm³/mol. The average molecular weight is 1310 g/mol. The minimum absolute atomic E-state index is 0.101. The summed E-state index contributed by atoms with van der Waals surface area (Å²) in [6.45, 7) is 14.1. The van der Waals surface area contributed by atoms with Gasteiger partial charge in [0.15, 0.2) is 12.2 Å². The van der Waals surface area contributed by atoms with E-state index in [1.807, 2.05) is 0 Å². The van der Waals surface area contributed by atoms with Crippen LogP contribution in [0.5, 0.6) is 0 Å². The molecule has 7 atom stereocenters. The van der Waals surface area contributed by atoms with Gasteiger partial charge in [0.25, 0.3) is 0 Å². The molecule has 0 spiro atoms. The first-order valence-electron chi connectivity index (χ1n) is 36.3. The monoisotopic (exact) mass is 1310 g/mol. The van der Waals surface area contributed by atoms with E-state index in [-0.39, 0.29) is 25.7 Å². The molecule has 0 bridgehead atoms. The number of aliphatic hydroxyl groups is 1. The van der Waals surface area contributed by atoms with Gasteiger partial charge in [-0.2, -0.15) is 0 Å². The number of phosphoric ester groups is 2. The lowest BCUT2D eigenvalue weighted by atomic mass is 9.99. The van der Waals surface area contributed by atoms with E-state index < -0.39 is 97.5 Å². The minimum Gasteiger partial charge on any atom is -0.462 e. The summed E-state index contributed by atoms with van der Waals surface area (Å²) in [5.41, 5.74) is 0. The summed E-state index contributed by atoms with van der Waals surface area (Å²) in [4.78, 5) is 72.5.